The van der Waals surface area contributed by atoms with E-state index in [4.69, 9.17) is 14.6 Å². The van der Waals surface area contributed by atoms with Gasteiger partial charge in [0, 0.05) is 18.1 Å². The van der Waals surface area contributed by atoms with Crippen molar-refractivity contribution < 1.29 is 27.8 Å². The maximum Gasteiger partial charge on any atom is 0.298 e. The third-order valence-electron chi connectivity index (χ3n) is 5.39. The summed E-state index contributed by atoms with van der Waals surface area (Å²) in [6.45, 7) is 2.60. The van der Waals surface area contributed by atoms with Gasteiger partial charge < -0.3 is 24.9 Å². The summed E-state index contributed by atoms with van der Waals surface area (Å²) < 4.78 is 54.2. The van der Waals surface area contributed by atoms with Crippen LogP contribution in [0.1, 0.15) is 36.3 Å². The number of aliphatic hydroxyl groups is 1. The highest BCUT2D eigenvalue weighted by Gasteiger charge is 2.35. The Morgan fingerprint density at radius 1 is 1.39 bits per heavy atom. The normalized spacial score (nSPS) is 17.3. The molecular weight excluding hydrogens is 441 g/mol. The Morgan fingerprint density at radius 2 is 2.18 bits per heavy atom. The molecule has 2 atom stereocenters. The molecule has 1 aromatic carbocycles. The number of nitrogens with zero attached hydrogens (tertiary/aromatic N) is 2. The van der Waals surface area contributed by atoms with E-state index in [-0.39, 0.29) is 28.9 Å². The van der Waals surface area contributed by atoms with Crippen molar-refractivity contribution in [3.8, 4) is 5.75 Å². The molecule has 0 bridgehead atoms. The van der Waals surface area contributed by atoms with Crippen LogP contribution in [0.3, 0.4) is 0 Å². The zero-order valence-corrected chi connectivity index (χ0v) is 18.0. The number of hydrogen-bond donors (Lipinski definition) is 3. The molecule has 1 aliphatic heterocycles. The van der Waals surface area contributed by atoms with Gasteiger partial charge in [-0.1, -0.05) is 12.1 Å². The van der Waals surface area contributed by atoms with Crippen LogP contribution in [0, 0.1) is 12.7 Å². The Balaban J connectivity index is 1.76. The molecule has 1 fully saturated rings. The number of aromatic nitrogens is 3. The number of hydrogen-bond acceptors (Lipinski definition) is 7. The molecule has 0 radical (unpaired) electrons. The first-order valence-corrected chi connectivity index (χ1v) is 10.4. The summed E-state index contributed by atoms with van der Waals surface area (Å²) in [5.41, 5.74) is -1.13. The van der Waals surface area contributed by atoms with Crippen LogP contribution in [0.5, 0.6) is 5.75 Å². The average Bonchev–Trinajstić information content (AvgIpc) is 3.26. The number of benzene rings is 1. The summed E-state index contributed by atoms with van der Waals surface area (Å²) in [4.78, 5) is 23.4. The average molecular weight is 464 g/mol. The van der Waals surface area contributed by atoms with Gasteiger partial charge in [0.2, 0.25) is 0 Å². The van der Waals surface area contributed by atoms with Crippen LogP contribution in [-0.2, 0) is 10.7 Å². The van der Waals surface area contributed by atoms with Crippen LogP contribution in [0.15, 0.2) is 29.1 Å². The number of H-pyrrole nitrogens is 1. The van der Waals surface area contributed by atoms with E-state index in [9.17, 15) is 18.0 Å². The summed E-state index contributed by atoms with van der Waals surface area (Å²) >= 11 is 0. The summed E-state index contributed by atoms with van der Waals surface area (Å²) in [6, 6.07) is 4.08. The maximum absolute atomic E-state index is 15.0. The lowest BCUT2D eigenvalue weighted by Crippen LogP contribution is -2.22. The molecule has 8 nitrogen and oxygen atoms in total. The molecule has 33 heavy (non-hydrogen) atoms. The molecule has 3 aromatic rings. The molecule has 0 aliphatic carbocycles. The van der Waals surface area contributed by atoms with Gasteiger partial charge in [0.05, 0.1) is 24.8 Å². The van der Waals surface area contributed by atoms with Gasteiger partial charge in [0.25, 0.3) is 11.5 Å². The van der Waals surface area contributed by atoms with E-state index in [0.29, 0.717) is 30.8 Å². The number of halogens is 3. The largest absolute Gasteiger partial charge is 0.487 e. The van der Waals surface area contributed by atoms with Gasteiger partial charge in [-0.05, 0) is 19.9 Å². The lowest BCUT2D eigenvalue weighted by atomic mass is 10.00. The van der Waals surface area contributed by atoms with Crippen molar-refractivity contribution in [3.05, 3.63) is 57.4 Å². The number of ether oxygens (including phenoxy) is 2. The van der Waals surface area contributed by atoms with E-state index in [1.54, 1.807) is 13.8 Å². The van der Waals surface area contributed by atoms with E-state index < -0.39 is 35.5 Å². The second-order valence-electron chi connectivity index (χ2n) is 7.88. The van der Waals surface area contributed by atoms with Gasteiger partial charge in [-0.2, -0.15) is 8.78 Å². The molecule has 0 amide bonds. The highest BCUT2D eigenvalue weighted by molar-refractivity contribution is 5.92. The molecular formula is C22H23F3N4O4. The van der Waals surface area contributed by atoms with E-state index >= 15 is 0 Å². The minimum atomic E-state index is -3.72. The molecule has 0 spiro atoms. The van der Waals surface area contributed by atoms with Crippen molar-refractivity contribution in [1.29, 1.82) is 0 Å². The second kappa shape index (κ2) is 8.99. The topological polar surface area (TPSA) is 109 Å². The molecule has 11 heteroatoms. The summed E-state index contributed by atoms with van der Waals surface area (Å²) in [6.07, 6.45) is 0.397. The van der Waals surface area contributed by atoms with Crippen molar-refractivity contribution >= 4 is 16.9 Å². The number of alkyl halides is 2. The minimum absolute atomic E-state index is 0.0406. The number of pyridine rings is 1. The lowest BCUT2D eigenvalue weighted by Gasteiger charge is -2.22. The first kappa shape index (κ1) is 23.0. The lowest BCUT2D eigenvalue weighted by molar-refractivity contribution is -0.0583. The van der Waals surface area contributed by atoms with Crippen molar-refractivity contribution in [1.82, 2.24) is 15.0 Å². The minimum Gasteiger partial charge on any atom is -0.487 e. The Labute approximate surface area is 186 Å². The smallest absolute Gasteiger partial charge is 0.298 e. The Morgan fingerprint density at radius 3 is 2.88 bits per heavy atom. The number of aromatic amines is 1. The molecule has 0 saturated carbocycles. The molecule has 1 saturated heterocycles. The molecule has 1 aliphatic rings. The van der Waals surface area contributed by atoms with Crippen LogP contribution in [0.25, 0.3) is 11.0 Å². The SMILES string of the molecule is Cc1nc(N[C@H](C)c2cccc(C(F)(F)CO)c2F)c2c(O[C@@H]3CCOC3)cc(=O)[nH]c2n1. The zero-order valence-electron chi connectivity index (χ0n) is 18.0. The molecule has 3 N–H and O–H groups in total. The number of anilines is 1. The van der Waals surface area contributed by atoms with E-state index in [1.807, 2.05) is 0 Å². The summed E-state index contributed by atoms with van der Waals surface area (Å²) in [7, 11) is 0. The predicted molar refractivity (Wildman–Crippen MR) is 114 cm³/mol. The zero-order chi connectivity index (χ0) is 23.8. The van der Waals surface area contributed by atoms with Gasteiger partial charge in [-0.25, -0.2) is 14.4 Å². The fraction of sp³-hybridized carbons (Fsp3) is 0.409. The molecule has 176 valence electrons. The Kier molecular flexibility index (Phi) is 6.26. The van der Waals surface area contributed by atoms with Crippen LogP contribution >= 0.6 is 0 Å². The number of nitrogens with one attached hydrogen (secondary N) is 2. The maximum atomic E-state index is 15.0. The van der Waals surface area contributed by atoms with Crippen LogP contribution < -0.4 is 15.6 Å². The predicted octanol–water partition coefficient (Wildman–Crippen LogP) is 3.19. The molecule has 4 rings (SSSR count). The second-order valence-corrected chi connectivity index (χ2v) is 7.88. The van der Waals surface area contributed by atoms with Gasteiger partial charge >= 0.3 is 0 Å². The Bertz CT molecular complexity index is 1230. The van der Waals surface area contributed by atoms with Gasteiger partial charge in [-0.15, -0.1) is 0 Å². The molecule has 3 heterocycles. The highest BCUT2D eigenvalue weighted by atomic mass is 19.3. The first-order chi connectivity index (χ1) is 15.7. The van der Waals surface area contributed by atoms with Crippen LogP contribution in [-0.4, -0.2) is 46.0 Å². The third-order valence-corrected chi connectivity index (χ3v) is 5.39. The van der Waals surface area contributed by atoms with Gasteiger partial charge in [-0.3, -0.25) is 4.79 Å². The molecule has 0 unspecified atom stereocenters. The Hall–Kier alpha value is -3.18. The van der Waals surface area contributed by atoms with Gasteiger partial charge in [0.15, 0.2) is 0 Å². The first-order valence-electron chi connectivity index (χ1n) is 10.4. The number of aliphatic hydroxyl groups excluding tert-OH is 1. The number of aryl methyl sites for hydroxylation is 1. The monoisotopic (exact) mass is 464 g/mol. The fourth-order valence-corrected chi connectivity index (χ4v) is 3.76. The summed E-state index contributed by atoms with van der Waals surface area (Å²) in [5.74, 6) is -4.04. The third kappa shape index (κ3) is 4.64. The van der Waals surface area contributed by atoms with Crippen molar-refractivity contribution in [2.24, 2.45) is 0 Å². The van der Waals surface area contributed by atoms with E-state index in [0.717, 1.165) is 6.07 Å². The quantitative estimate of drug-likeness (QED) is 0.493. The van der Waals surface area contributed by atoms with E-state index in [1.165, 1.54) is 18.2 Å². The molecule has 2 aromatic heterocycles. The van der Waals surface area contributed by atoms with Crippen molar-refractivity contribution in [3.63, 3.8) is 0 Å². The number of fused-ring (bicyclic) bond motifs is 1. The van der Waals surface area contributed by atoms with E-state index in [2.05, 4.69) is 20.3 Å². The summed E-state index contributed by atoms with van der Waals surface area (Å²) in [5, 5.41) is 12.4. The van der Waals surface area contributed by atoms with Gasteiger partial charge in [0.1, 0.15) is 47.0 Å². The standard InChI is InChI=1S/C22H23F3N4O4/c1-11(14-4-3-5-15(19(14)23)22(24,25)10-30)26-20-18-16(33-13-6-7-32-9-13)8-17(31)29-21(18)28-12(2)27-20/h3-5,8,11,13,30H,6-7,9-10H2,1-2H3,(H2,26,27,28,29,31)/t11-,13-/m1/s1. The fourth-order valence-electron chi connectivity index (χ4n) is 3.76. The highest BCUT2D eigenvalue weighted by Crippen LogP contribution is 2.35. The van der Waals surface area contributed by atoms with Crippen molar-refractivity contribution in [2.75, 3.05) is 25.1 Å². The van der Waals surface area contributed by atoms with Crippen molar-refractivity contribution in [2.45, 2.75) is 38.3 Å². The number of rotatable bonds is 7. The van der Waals surface area contributed by atoms with Crippen LogP contribution in [0.4, 0.5) is 19.0 Å². The van der Waals surface area contributed by atoms with Crippen LogP contribution in [0.2, 0.25) is 0 Å².